The van der Waals surface area contributed by atoms with Crippen LogP contribution in [0.25, 0.3) is 0 Å². The molecule has 10 heteroatoms. The van der Waals surface area contributed by atoms with Gasteiger partial charge >= 0.3 is 0 Å². The molecule has 2 aromatic carbocycles. The van der Waals surface area contributed by atoms with Crippen molar-refractivity contribution in [2.75, 3.05) is 21.5 Å². The molecule has 0 radical (unpaired) electrons. The van der Waals surface area contributed by atoms with E-state index in [1.807, 2.05) is 13.0 Å². The first kappa shape index (κ1) is 22.9. The molecule has 2 amide bonds. The summed E-state index contributed by atoms with van der Waals surface area (Å²) in [6.45, 7) is 4.23. The summed E-state index contributed by atoms with van der Waals surface area (Å²) in [6.07, 6.45) is 1.36. The Morgan fingerprint density at radius 3 is 2.70 bits per heavy atom. The summed E-state index contributed by atoms with van der Waals surface area (Å²) in [7, 11) is -3.84. The van der Waals surface area contributed by atoms with Gasteiger partial charge in [-0.25, -0.2) is 13.4 Å². The van der Waals surface area contributed by atoms with Gasteiger partial charge in [0.15, 0.2) is 5.13 Å². The van der Waals surface area contributed by atoms with Crippen molar-refractivity contribution >= 4 is 49.7 Å². The fourth-order valence-corrected chi connectivity index (χ4v) is 5.80. The molecule has 0 bridgehead atoms. The van der Waals surface area contributed by atoms with E-state index in [4.69, 9.17) is 0 Å². The van der Waals surface area contributed by atoms with Gasteiger partial charge in [0.1, 0.15) is 0 Å². The highest BCUT2D eigenvalue weighted by Gasteiger charge is 2.24. The number of thiazole rings is 1. The molecule has 8 nitrogen and oxygen atoms in total. The Morgan fingerprint density at radius 1 is 1.15 bits per heavy atom. The van der Waals surface area contributed by atoms with Crippen LogP contribution < -0.4 is 14.9 Å². The Balaban J connectivity index is 1.46. The summed E-state index contributed by atoms with van der Waals surface area (Å²) >= 11 is 1.33. The number of aryl methyl sites for hydroxylation is 2. The number of sulfonamides is 1. The van der Waals surface area contributed by atoms with Crippen molar-refractivity contribution in [2.24, 2.45) is 0 Å². The van der Waals surface area contributed by atoms with Crippen LogP contribution in [0.5, 0.6) is 0 Å². The number of carbonyl (C=O) groups excluding carboxylic acids is 2. The Bertz CT molecular complexity index is 1320. The average molecular weight is 485 g/mol. The van der Waals surface area contributed by atoms with Gasteiger partial charge in [-0.05, 0) is 55.7 Å². The highest BCUT2D eigenvalue weighted by Crippen LogP contribution is 2.26. The minimum absolute atomic E-state index is 0.0238. The van der Waals surface area contributed by atoms with Gasteiger partial charge in [-0.15, -0.1) is 11.3 Å². The normalized spacial score (nSPS) is 13.9. The quantitative estimate of drug-likeness (QED) is 0.529. The molecule has 1 aliphatic heterocycles. The lowest BCUT2D eigenvalue weighted by molar-refractivity contribution is -0.117. The van der Waals surface area contributed by atoms with Crippen LogP contribution in [0.3, 0.4) is 0 Å². The van der Waals surface area contributed by atoms with Gasteiger partial charge in [-0.3, -0.25) is 19.2 Å². The first-order valence-corrected chi connectivity index (χ1v) is 12.8. The number of nitrogens with zero attached hydrogens (tertiary/aromatic N) is 2. The maximum Gasteiger partial charge on any atom is 0.262 e. The topological polar surface area (TPSA) is 108 Å². The van der Waals surface area contributed by atoms with Crippen LogP contribution in [-0.2, 0) is 26.0 Å². The number of hydrogen-bond acceptors (Lipinski definition) is 6. The number of rotatable bonds is 7. The maximum absolute atomic E-state index is 13.0. The highest BCUT2D eigenvalue weighted by atomic mass is 32.2. The van der Waals surface area contributed by atoms with E-state index in [1.165, 1.54) is 17.4 Å². The molecule has 4 rings (SSSR count). The van der Waals surface area contributed by atoms with Gasteiger partial charge in [-0.2, -0.15) is 0 Å². The smallest absolute Gasteiger partial charge is 0.262 e. The van der Waals surface area contributed by atoms with E-state index in [0.29, 0.717) is 40.7 Å². The average Bonchev–Trinajstić information content (AvgIpc) is 3.37. The van der Waals surface area contributed by atoms with E-state index >= 15 is 0 Å². The summed E-state index contributed by atoms with van der Waals surface area (Å²) in [5, 5.41) is 5.11. The van der Waals surface area contributed by atoms with Crippen molar-refractivity contribution in [3.05, 3.63) is 64.7 Å². The molecule has 1 fully saturated rings. The summed E-state index contributed by atoms with van der Waals surface area (Å²) < 4.78 is 28.5. The third-order valence-corrected chi connectivity index (χ3v) is 7.65. The van der Waals surface area contributed by atoms with E-state index < -0.39 is 10.0 Å². The minimum atomic E-state index is -3.84. The van der Waals surface area contributed by atoms with E-state index in [9.17, 15) is 18.0 Å². The first-order chi connectivity index (χ1) is 15.7. The van der Waals surface area contributed by atoms with Gasteiger partial charge < -0.3 is 5.32 Å². The van der Waals surface area contributed by atoms with Crippen LogP contribution in [0.4, 0.5) is 16.5 Å². The Kier molecular flexibility index (Phi) is 6.48. The molecule has 1 saturated heterocycles. The van der Waals surface area contributed by atoms with Crippen LogP contribution >= 0.6 is 11.3 Å². The number of amides is 2. The third-order valence-electron chi connectivity index (χ3n) is 5.22. The zero-order chi connectivity index (χ0) is 23.6. The largest absolute Gasteiger partial charge is 0.326 e. The molecule has 0 atom stereocenters. The summed E-state index contributed by atoms with van der Waals surface area (Å²) in [6, 6.07) is 11.8. The second-order valence-electron chi connectivity index (χ2n) is 7.95. The molecule has 0 aliphatic carbocycles. The van der Waals surface area contributed by atoms with Crippen LogP contribution in [0.2, 0.25) is 0 Å². The molecule has 3 aromatic rings. The lowest BCUT2D eigenvalue weighted by Gasteiger charge is -2.13. The third kappa shape index (κ3) is 5.40. The van der Waals surface area contributed by atoms with Crippen molar-refractivity contribution in [2.45, 2.75) is 38.0 Å². The first-order valence-electron chi connectivity index (χ1n) is 10.5. The van der Waals surface area contributed by atoms with Crippen molar-refractivity contribution in [3.8, 4) is 0 Å². The molecule has 33 heavy (non-hydrogen) atoms. The van der Waals surface area contributed by atoms with Gasteiger partial charge in [-0.1, -0.05) is 18.2 Å². The lowest BCUT2D eigenvalue weighted by Crippen LogP contribution is -2.23. The van der Waals surface area contributed by atoms with Crippen LogP contribution in [0, 0.1) is 13.8 Å². The number of aromatic nitrogens is 1. The zero-order valence-electron chi connectivity index (χ0n) is 18.3. The van der Waals surface area contributed by atoms with Gasteiger partial charge in [0, 0.05) is 29.7 Å². The van der Waals surface area contributed by atoms with Crippen molar-refractivity contribution in [1.82, 2.24) is 4.98 Å². The number of benzene rings is 2. The van der Waals surface area contributed by atoms with Crippen molar-refractivity contribution in [3.63, 3.8) is 0 Å². The Labute approximate surface area is 196 Å². The molecular weight excluding hydrogens is 460 g/mol. The predicted octanol–water partition coefficient (Wildman–Crippen LogP) is 3.87. The Hall–Kier alpha value is -3.24. The summed E-state index contributed by atoms with van der Waals surface area (Å²) in [5.74, 6) is -0.272. The van der Waals surface area contributed by atoms with E-state index in [-0.39, 0.29) is 23.1 Å². The van der Waals surface area contributed by atoms with Crippen molar-refractivity contribution in [1.29, 1.82) is 0 Å². The number of nitrogens with one attached hydrogen (secondary N) is 2. The molecular formula is C23H24N4O4S2. The predicted molar refractivity (Wildman–Crippen MR) is 129 cm³/mol. The minimum Gasteiger partial charge on any atom is -0.326 e. The molecule has 2 N–H and O–H groups in total. The fourth-order valence-electron chi connectivity index (χ4n) is 3.61. The monoisotopic (exact) mass is 484 g/mol. The van der Waals surface area contributed by atoms with Gasteiger partial charge in [0.2, 0.25) is 11.8 Å². The van der Waals surface area contributed by atoms with E-state index in [0.717, 1.165) is 12.0 Å². The highest BCUT2D eigenvalue weighted by molar-refractivity contribution is 7.92. The number of carbonyl (C=O) groups is 2. The second kappa shape index (κ2) is 9.32. The molecule has 1 aliphatic rings. The molecule has 2 heterocycles. The van der Waals surface area contributed by atoms with Crippen LogP contribution in [0.15, 0.2) is 52.7 Å². The van der Waals surface area contributed by atoms with Crippen molar-refractivity contribution < 1.29 is 18.0 Å². The molecule has 0 unspecified atom stereocenters. The number of anilines is 3. The Morgan fingerprint density at radius 2 is 1.97 bits per heavy atom. The van der Waals surface area contributed by atoms with Gasteiger partial charge in [0.25, 0.3) is 10.0 Å². The standard InChI is InChI=1S/C23H24N4O4S2/c1-15-5-3-6-18(11-15)26-33(30,31)20-12-17(9-8-16(20)2)24-21(28)13-19-14-32-23(25-19)27-10-4-7-22(27)29/h3,5-6,8-9,11-12,14,26H,4,7,10,13H2,1-2H3,(H,24,28). The molecule has 1 aromatic heterocycles. The van der Waals surface area contributed by atoms with Crippen LogP contribution in [-0.4, -0.2) is 31.8 Å². The molecule has 172 valence electrons. The zero-order valence-corrected chi connectivity index (χ0v) is 19.9. The number of hydrogen-bond donors (Lipinski definition) is 2. The maximum atomic E-state index is 13.0. The van der Waals surface area contributed by atoms with Gasteiger partial charge in [0.05, 0.1) is 17.0 Å². The second-order valence-corrected chi connectivity index (χ2v) is 10.4. The summed E-state index contributed by atoms with van der Waals surface area (Å²) in [5.41, 5.74) is 2.91. The molecule has 0 saturated carbocycles. The van der Waals surface area contributed by atoms with E-state index in [2.05, 4.69) is 15.0 Å². The van der Waals surface area contributed by atoms with Crippen LogP contribution in [0.1, 0.15) is 29.7 Å². The summed E-state index contributed by atoms with van der Waals surface area (Å²) in [4.78, 5) is 30.6. The van der Waals surface area contributed by atoms with E-state index in [1.54, 1.807) is 47.5 Å². The SMILES string of the molecule is Cc1cccc(NS(=O)(=O)c2cc(NC(=O)Cc3csc(N4CCCC4=O)n3)ccc2C)c1. The lowest BCUT2D eigenvalue weighted by atomic mass is 10.2. The molecule has 0 spiro atoms. The fraction of sp³-hybridized carbons (Fsp3) is 0.261.